The van der Waals surface area contributed by atoms with Crippen molar-refractivity contribution in [3.05, 3.63) is 89.5 Å². The molecule has 4 N–H and O–H groups in total. The third kappa shape index (κ3) is 7.08. The molecule has 9 heteroatoms. The Bertz CT molecular complexity index is 1220. The van der Waals surface area contributed by atoms with Crippen molar-refractivity contribution in [1.82, 2.24) is 10.0 Å². The van der Waals surface area contributed by atoms with Crippen molar-refractivity contribution in [1.29, 1.82) is 0 Å². The van der Waals surface area contributed by atoms with Crippen LogP contribution in [0.15, 0.2) is 77.7 Å². The quantitative estimate of drug-likeness (QED) is 0.418. The molecule has 0 atom stereocenters. The Balaban J connectivity index is 1.44. The average Bonchev–Trinajstić information content (AvgIpc) is 2.76. The standard InChI is InChI=1S/C24H26N4O4S/c1-17-7-11-20(12-8-17)26-24(30)27-21-13-9-19(10-14-21)15-16-25-23(29)28-33(31,32)22-6-4-3-5-18(22)2/h3-14H,15-16H2,1-2H3,(H2,25,28,29)(H2,26,27,30). The molecule has 172 valence electrons. The molecule has 0 bridgehead atoms. The lowest BCUT2D eigenvalue weighted by Crippen LogP contribution is -2.40. The second-order valence-electron chi connectivity index (χ2n) is 7.52. The van der Waals surface area contributed by atoms with Gasteiger partial charge >= 0.3 is 12.1 Å². The Hall–Kier alpha value is -3.85. The van der Waals surface area contributed by atoms with Gasteiger partial charge in [0, 0.05) is 17.9 Å². The summed E-state index contributed by atoms with van der Waals surface area (Å²) in [4.78, 5) is 24.2. The van der Waals surface area contributed by atoms with E-state index < -0.39 is 16.1 Å². The normalized spacial score (nSPS) is 10.8. The van der Waals surface area contributed by atoms with E-state index >= 15 is 0 Å². The largest absolute Gasteiger partial charge is 0.337 e. The van der Waals surface area contributed by atoms with E-state index in [-0.39, 0.29) is 17.5 Å². The van der Waals surface area contributed by atoms with E-state index in [1.807, 2.05) is 48.0 Å². The highest BCUT2D eigenvalue weighted by molar-refractivity contribution is 7.90. The summed E-state index contributed by atoms with van der Waals surface area (Å²) in [6.07, 6.45) is 0.494. The molecular formula is C24H26N4O4S. The molecule has 3 aromatic carbocycles. The van der Waals surface area contributed by atoms with Gasteiger partial charge in [0.05, 0.1) is 4.90 Å². The van der Waals surface area contributed by atoms with Crippen LogP contribution in [0.1, 0.15) is 16.7 Å². The Morgan fingerprint density at radius 3 is 1.94 bits per heavy atom. The summed E-state index contributed by atoms with van der Waals surface area (Å²) in [5.74, 6) is 0. The Morgan fingerprint density at radius 2 is 1.33 bits per heavy atom. The molecule has 0 saturated carbocycles. The Morgan fingerprint density at radius 1 is 0.758 bits per heavy atom. The van der Waals surface area contributed by atoms with Gasteiger partial charge in [0.25, 0.3) is 10.0 Å². The van der Waals surface area contributed by atoms with Crippen LogP contribution in [0.2, 0.25) is 0 Å². The third-order valence-corrected chi connectivity index (χ3v) is 6.32. The molecule has 0 saturated heterocycles. The van der Waals surface area contributed by atoms with Crippen LogP contribution in [0.5, 0.6) is 0 Å². The summed E-state index contributed by atoms with van der Waals surface area (Å²) in [7, 11) is -3.94. The predicted octanol–water partition coefficient (Wildman–Crippen LogP) is 4.18. The van der Waals surface area contributed by atoms with Crippen molar-refractivity contribution >= 4 is 33.5 Å². The SMILES string of the molecule is Cc1ccc(NC(=O)Nc2ccc(CCNC(=O)NS(=O)(=O)c3ccccc3C)cc2)cc1. The van der Waals surface area contributed by atoms with Gasteiger partial charge in [-0.15, -0.1) is 0 Å². The second kappa shape index (κ2) is 10.6. The monoisotopic (exact) mass is 466 g/mol. The van der Waals surface area contributed by atoms with Gasteiger partial charge in [0.15, 0.2) is 0 Å². The number of amides is 4. The fraction of sp³-hybridized carbons (Fsp3) is 0.167. The van der Waals surface area contributed by atoms with Gasteiger partial charge in [-0.3, -0.25) is 0 Å². The first-order valence-electron chi connectivity index (χ1n) is 10.3. The number of anilines is 2. The highest BCUT2D eigenvalue weighted by Crippen LogP contribution is 2.14. The van der Waals surface area contributed by atoms with Gasteiger partial charge in [-0.1, -0.05) is 48.0 Å². The first-order valence-corrected chi connectivity index (χ1v) is 11.8. The molecule has 3 aromatic rings. The van der Waals surface area contributed by atoms with Gasteiger partial charge in [0.1, 0.15) is 0 Å². The summed E-state index contributed by atoms with van der Waals surface area (Å²) in [5, 5.41) is 8.06. The van der Waals surface area contributed by atoms with E-state index in [1.165, 1.54) is 6.07 Å². The number of carbonyl (C=O) groups excluding carboxylic acids is 2. The molecule has 0 aromatic heterocycles. The van der Waals surface area contributed by atoms with Crippen LogP contribution < -0.4 is 20.7 Å². The number of hydrogen-bond acceptors (Lipinski definition) is 4. The van der Waals surface area contributed by atoms with Gasteiger partial charge in [-0.25, -0.2) is 22.7 Å². The third-order valence-electron chi connectivity index (χ3n) is 4.83. The maximum absolute atomic E-state index is 12.3. The highest BCUT2D eigenvalue weighted by Gasteiger charge is 2.19. The van der Waals surface area contributed by atoms with Crippen LogP contribution in [0.3, 0.4) is 0 Å². The second-order valence-corrected chi connectivity index (χ2v) is 9.17. The number of carbonyl (C=O) groups is 2. The minimum atomic E-state index is -3.94. The lowest BCUT2D eigenvalue weighted by molar-refractivity contribution is 0.246. The summed E-state index contributed by atoms with van der Waals surface area (Å²) in [6, 6.07) is 19.9. The van der Waals surface area contributed by atoms with Gasteiger partial charge in [-0.05, 0) is 61.7 Å². The van der Waals surface area contributed by atoms with Crippen LogP contribution in [0, 0.1) is 13.8 Å². The number of nitrogens with one attached hydrogen (secondary N) is 4. The number of sulfonamides is 1. The lowest BCUT2D eigenvalue weighted by Gasteiger charge is -2.11. The highest BCUT2D eigenvalue weighted by atomic mass is 32.2. The lowest BCUT2D eigenvalue weighted by atomic mass is 10.1. The zero-order chi connectivity index (χ0) is 23.8. The molecule has 0 heterocycles. The Kier molecular flexibility index (Phi) is 7.68. The first kappa shape index (κ1) is 23.8. The minimum Gasteiger partial charge on any atom is -0.337 e. The van der Waals surface area contributed by atoms with Crippen LogP contribution >= 0.6 is 0 Å². The number of urea groups is 2. The summed E-state index contributed by atoms with van der Waals surface area (Å²) >= 11 is 0. The molecule has 4 amide bonds. The van der Waals surface area contributed by atoms with Gasteiger partial charge in [-0.2, -0.15) is 0 Å². The summed E-state index contributed by atoms with van der Waals surface area (Å²) in [5.41, 5.74) is 3.90. The van der Waals surface area contributed by atoms with E-state index in [1.54, 1.807) is 37.3 Å². The predicted molar refractivity (Wildman–Crippen MR) is 129 cm³/mol. The van der Waals surface area contributed by atoms with Crippen molar-refractivity contribution in [3.8, 4) is 0 Å². The fourth-order valence-electron chi connectivity index (χ4n) is 3.08. The van der Waals surface area contributed by atoms with Crippen molar-refractivity contribution in [3.63, 3.8) is 0 Å². The van der Waals surface area contributed by atoms with Crippen molar-refractivity contribution in [2.45, 2.75) is 25.2 Å². The zero-order valence-corrected chi connectivity index (χ0v) is 19.2. The molecule has 0 unspecified atom stereocenters. The molecule has 0 aliphatic rings. The molecule has 33 heavy (non-hydrogen) atoms. The minimum absolute atomic E-state index is 0.0645. The maximum Gasteiger partial charge on any atom is 0.328 e. The van der Waals surface area contributed by atoms with Crippen molar-refractivity contribution < 1.29 is 18.0 Å². The number of benzene rings is 3. The molecule has 0 aliphatic heterocycles. The molecule has 0 fully saturated rings. The van der Waals surface area contributed by atoms with E-state index in [0.717, 1.165) is 11.1 Å². The summed E-state index contributed by atoms with van der Waals surface area (Å²) < 4.78 is 26.7. The van der Waals surface area contributed by atoms with Gasteiger partial charge < -0.3 is 16.0 Å². The van der Waals surface area contributed by atoms with Crippen molar-refractivity contribution in [2.24, 2.45) is 0 Å². The van der Waals surface area contributed by atoms with E-state index in [0.29, 0.717) is 23.4 Å². The van der Waals surface area contributed by atoms with Crippen LogP contribution in [0.25, 0.3) is 0 Å². The van der Waals surface area contributed by atoms with Crippen LogP contribution in [0.4, 0.5) is 21.0 Å². The molecule has 3 rings (SSSR count). The fourth-order valence-corrected chi connectivity index (χ4v) is 4.25. The molecule has 0 aliphatic carbocycles. The van der Waals surface area contributed by atoms with Crippen LogP contribution in [-0.4, -0.2) is 27.0 Å². The maximum atomic E-state index is 12.3. The number of rotatable bonds is 7. The first-order chi connectivity index (χ1) is 15.7. The molecular weight excluding hydrogens is 440 g/mol. The number of hydrogen-bond donors (Lipinski definition) is 4. The van der Waals surface area contributed by atoms with E-state index in [2.05, 4.69) is 16.0 Å². The average molecular weight is 467 g/mol. The van der Waals surface area contributed by atoms with Gasteiger partial charge in [0.2, 0.25) is 0 Å². The number of aryl methyl sites for hydroxylation is 2. The van der Waals surface area contributed by atoms with Crippen LogP contribution in [-0.2, 0) is 16.4 Å². The van der Waals surface area contributed by atoms with E-state index in [9.17, 15) is 18.0 Å². The summed E-state index contributed by atoms with van der Waals surface area (Å²) in [6.45, 7) is 3.88. The molecule has 0 radical (unpaired) electrons. The zero-order valence-electron chi connectivity index (χ0n) is 18.4. The van der Waals surface area contributed by atoms with E-state index in [4.69, 9.17) is 0 Å². The molecule has 8 nitrogen and oxygen atoms in total. The topological polar surface area (TPSA) is 116 Å². The smallest absolute Gasteiger partial charge is 0.328 e. The van der Waals surface area contributed by atoms with Crippen molar-refractivity contribution in [2.75, 3.05) is 17.2 Å². The molecule has 0 spiro atoms. The Labute approximate surface area is 193 Å².